The molecule has 0 saturated carbocycles. The van der Waals surface area contributed by atoms with Gasteiger partial charge in [-0.1, -0.05) is 53.5 Å². The van der Waals surface area contributed by atoms with Crippen molar-refractivity contribution in [1.29, 1.82) is 0 Å². The van der Waals surface area contributed by atoms with Crippen LogP contribution in [0.4, 0.5) is 5.69 Å². The molecule has 0 amide bonds. The molecule has 0 saturated heterocycles. The average molecular weight is 305 g/mol. The molecule has 0 atom stereocenters. The van der Waals surface area contributed by atoms with E-state index in [-0.39, 0.29) is 0 Å². The molecule has 0 aliphatic rings. The van der Waals surface area contributed by atoms with Crippen molar-refractivity contribution in [2.75, 3.05) is 11.9 Å². The highest BCUT2D eigenvalue weighted by atomic mass is 79.9. The number of halogens is 2. The number of rotatable bonds is 5. The van der Waals surface area contributed by atoms with Crippen LogP contribution in [0.2, 0.25) is 5.02 Å². The van der Waals surface area contributed by atoms with Crippen LogP contribution in [0.25, 0.3) is 0 Å². The highest BCUT2D eigenvalue weighted by Crippen LogP contribution is 2.32. The van der Waals surface area contributed by atoms with Gasteiger partial charge in [-0.15, -0.1) is 0 Å². The summed E-state index contributed by atoms with van der Waals surface area (Å²) in [6.07, 6.45) is 2.28. The van der Waals surface area contributed by atoms with Gasteiger partial charge in [-0.2, -0.15) is 0 Å². The van der Waals surface area contributed by atoms with Crippen molar-refractivity contribution in [3.8, 4) is 0 Å². The van der Waals surface area contributed by atoms with E-state index in [1.165, 1.54) is 5.56 Å². The fourth-order valence-corrected chi connectivity index (χ4v) is 2.86. The first kappa shape index (κ1) is 13.9. The standard InChI is InChI=1S/C13H19BrClN/c1-4-11(5-2)16(3)13-10(9-14)7-6-8-12(13)15/h6-8,11H,4-5,9H2,1-3H3. The number of benzene rings is 1. The molecule has 16 heavy (non-hydrogen) atoms. The SMILES string of the molecule is CCC(CC)N(C)c1c(Cl)cccc1CBr. The smallest absolute Gasteiger partial charge is 0.0642 e. The van der Waals surface area contributed by atoms with Crippen LogP contribution in [-0.2, 0) is 5.33 Å². The molecule has 1 aromatic carbocycles. The summed E-state index contributed by atoms with van der Waals surface area (Å²) in [5.41, 5.74) is 2.41. The van der Waals surface area contributed by atoms with Gasteiger partial charge < -0.3 is 4.90 Å². The summed E-state index contributed by atoms with van der Waals surface area (Å²) in [5.74, 6) is 0. The number of hydrogen-bond donors (Lipinski definition) is 0. The van der Waals surface area contributed by atoms with Gasteiger partial charge in [0, 0.05) is 18.4 Å². The highest BCUT2D eigenvalue weighted by molar-refractivity contribution is 9.08. The topological polar surface area (TPSA) is 3.24 Å². The summed E-state index contributed by atoms with van der Waals surface area (Å²) in [6.45, 7) is 4.44. The largest absolute Gasteiger partial charge is 0.370 e. The van der Waals surface area contributed by atoms with Crippen molar-refractivity contribution in [2.24, 2.45) is 0 Å². The van der Waals surface area contributed by atoms with Crippen molar-refractivity contribution in [3.05, 3.63) is 28.8 Å². The van der Waals surface area contributed by atoms with Gasteiger partial charge in [0.1, 0.15) is 0 Å². The second kappa shape index (κ2) is 6.51. The van der Waals surface area contributed by atoms with Crippen molar-refractivity contribution in [2.45, 2.75) is 38.1 Å². The molecule has 0 fully saturated rings. The van der Waals surface area contributed by atoms with E-state index in [1.54, 1.807) is 0 Å². The first-order valence-electron chi connectivity index (χ1n) is 5.71. The van der Waals surface area contributed by atoms with Crippen LogP contribution < -0.4 is 4.90 Å². The first-order valence-corrected chi connectivity index (χ1v) is 7.21. The number of anilines is 1. The Bertz CT molecular complexity index is 337. The van der Waals surface area contributed by atoms with Crippen LogP contribution in [0.1, 0.15) is 32.3 Å². The molecule has 0 N–H and O–H groups in total. The second-order valence-electron chi connectivity index (χ2n) is 3.96. The van der Waals surface area contributed by atoms with Crippen molar-refractivity contribution in [3.63, 3.8) is 0 Å². The van der Waals surface area contributed by atoms with Crippen LogP contribution >= 0.6 is 27.5 Å². The lowest BCUT2D eigenvalue weighted by atomic mass is 10.1. The summed E-state index contributed by atoms with van der Waals surface area (Å²) in [5, 5.41) is 1.68. The zero-order valence-corrected chi connectivity index (χ0v) is 12.5. The van der Waals surface area contributed by atoms with Gasteiger partial charge in [0.15, 0.2) is 0 Å². The Labute approximate surface area is 112 Å². The summed E-state index contributed by atoms with van der Waals surface area (Å²) in [7, 11) is 2.13. The lowest BCUT2D eigenvalue weighted by molar-refractivity contribution is 0.591. The number of nitrogens with zero attached hydrogens (tertiary/aromatic N) is 1. The Hall–Kier alpha value is -0.210. The molecular weight excluding hydrogens is 286 g/mol. The molecule has 1 nitrogen and oxygen atoms in total. The fourth-order valence-electron chi connectivity index (χ4n) is 2.08. The molecule has 0 radical (unpaired) electrons. The number of hydrogen-bond acceptors (Lipinski definition) is 1. The molecule has 0 bridgehead atoms. The highest BCUT2D eigenvalue weighted by Gasteiger charge is 2.16. The molecule has 1 aromatic rings. The molecule has 90 valence electrons. The molecule has 0 aliphatic heterocycles. The number of alkyl halides is 1. The molecule has 3 heteroatoms. The van der Waals surface area contributed by atoms with Crippen LogP contribution in [0.3, 0.4) is 0 Å². The number of para-hydroxylation sites is 1. The zero-order chi connectivity index (χ0) is 12.1. The Balaban J connectivity index is 3.10. The third-order valence-electron chi connectivity index (χ3n) is 3.06. The second-order valence-corrected chi connectivity index (χ2v) is 4.93. The predicted molar refractivity (Wildman–Crippen MR) is 76.9 cm³/mol. The van der Waals surface area contributed by atoms with Crippen molar-refractivity contribution >= 4 is 33.2 Å². The van der Waals surface area contributed by atoms with E-state index in [1.807, 2.05) is 12.1 Å². The first-order chi connectivity index (χ1) is 7.65. The predicted octanol–water partition coefficient (Wildman–Crippen LogP) is 4.86. The van der Waals surface area contributed by atoms with Crippen LogP contribution in [0.15, 0.2) is 18.2 Å². The fraction of sp³-hybridized carbons (Fsp3) is 0.538. The molecule has 0 aromatic heterocycles. The average Bonchev–Trinajstić information content (AvgIpc) is 2.29. The molecule has 0 aliphatic carbocycles. The third-order valence-corrected chi connectivity index (χ3v) is 3.97. The van der Waals surface area contributed by atoms with Crippen molar-refractivity contribution < 1.29 is 0 Å². The van der Waals surface area contributed by atoms with Gasteiger partial charge in [0.25, 0.3) is 0 Å². The minimum atomic E-state index is 0.553. The van der Waals surface area contributed by atoms with E-state index in [4.69, 9.17) is 11.6 Å². The van der Waals surface area contributed by atoms with Gasteiger partial charge in [-0.05, 0) is 24.5 Å². The lowest BCUT2D eigenvalue weighted by Crippen LogP contribution is -2.31. The van der Waals surface area contributed by atoms with E-state index >= 15 is 0 Å². The summed E-state index contributed by atoms with van der Waals surface area (Å²) >= 11 is 9.82. The molecule has 1 rings (SSSR count). The Morgan fingerprint density at radius 3 is 2.44 bits per heavy atom. The van der Waals surface area contributed by atoms with E-state index in [0.717, 1.165) is 28.9 Å². The maximum atomic E-state index is 6.30. The third kappa shape index (κ3) is 2.92. The Morgan fingerprint density at radius 1 is 1.31 bits per heavy atom. The van der Waals surface area contributed by atoms with Crippen molar-refractivity contribution in [1.82, 2.24) is 0 Å². The van der Waals surface area contributed by atoms with Crippen LogP contribution in [0.5, 0.6) is 0 Å². The van der Waals surface area contributed by atoms with E-state index in [2.05, 4.69) is 47.8 Å². The van der Waals surface area contributed by atoms with E-state index in [9.17, 15) is 0 Å². The van der Waals surface area contributed by atoms with E-state index in [0.29, 0.717) is 6.04 Å². The minimum absolute atomic E-state index is 0.553. The summed E-state index contributed by atoms with van der Waals surface area (Å²) < 4.78 is 0. The molecular formula is C13H19BrClN. The summed E-state index contributed by atoms with van der Waals surface area (Å²) in [6, 6.07) is 6.64. The maximum absolute atomic E-state index is 6.30. The van der Waals surface area contributed by atoms with Gasteiger partial charge in [0.05, 0.1) is 10.7 Å². The molecule has 0 heterocycles. The Kier molecular flexibility index (Phi) is 5.63. The van der Waals surface area contributed by atoms with E-state index < -0.39 is 0 Å². The lowest BCUT2D eigenvalue weighted by Gasteiger charge is -2.30. The van der Waals surface area contributed by atoms with Crippen LogP contribution in [-0.4, -0.2) is 13.1 Å². The van der Waals surface area contributed by atoms with Gasteiger partial charge in [-0.3, -0.25) is 0 Å². The van der Waals surface area contributed by atoms with Crippen LogP contribution in [0, 0.1) is 0 Å². The quantitative estimate of drug-likeness (QED) is 0.702. The monoisotopic (exact) mass is 303 g/mol. The summed E-state index contributed by atoms with van der Waals surface area (Å²) in [4.78, 5) is 2.30. The molecule has 0 spiro atoms. The normalized spacial score (nSPS) is 10.9. The van der Waals surface area contributed by atoms with Gasteiger partial charge in [0.2, 0.25) is 0 Å². The molecule has 0 unspecified atom stereocenters. The van der Waals surface area contributed by atoms with Gasteiger partial charge >= 0.3 is 0 Å². The minimum Gasteiger partial charge on any atom is -0.370 e. The van der Waals surface area contributed by atoms with Gasteiger partial charge in [-0.25, -0.2) is 0 Å². The Morgan fingerprint density at radius 2 is 1.94 bits per heavy atom. The zero-order valence-electron chi connectivity index (χ0n) is 10.1. The maximum Gasteiger partial charge on any atom is 0.0642 e.